The molecule has 0 fully saturated rings. The summed E-state index contributed by atoms with van der Waals surface area (Å²) >= 11 is 6.07. The first-order valence-corrected chi connectivity index (χ1v) is 8.06. The van der Waals surface area contributed by atoms with E-state index in [4.69, 9.17) is 16.7 Å². The molecule has 0 saturated carbocycles. The van der Waals surface area contributed by atoms with Crippen LogP contribution in [0.3, 0.4) is 0 Å². The quantitative estimate of drug-likeness (QED) is 0.584. The second-order valence-electron chi connectivity index (χ2n) is 5.20. The van der Waals surface area contributed by atoms with Crippen LogP contribution in [-0.2, 0) is 6.42 Å². The van der Waals surface area contributed by atoms with Crippen LogP contribution >= 0.6 is 11.6 Å². The predicted octanol–water partition coefficient (Wildman–Crippen LogP) is 3.87. The van der Waals surface area contributed by atoms with E-state index in [1.807, 2.05) is 0 Å². The molecule has 2 aromatic rings. The van der Waals surface area contributed by atoms with Gasteiger partial charge in [-0.25, -0.2) is 9.18 Å². The predicted molar refractivity (Wildman–Crippen MR) is 96.1 cm³/mol. The number of aliphatic hydroxyl groups excluding tert-OH is 1. The zero-order valence-corrected chi connectivity index (χ0v) is 14.3. The molecule has 0 bridgehead atoms. The molecule has 6 nitrogen and oxygen atoms in total. The Morgan fingerprint density at radius 3 is 2.68 bits per heavy atom. The smallest absolute Gasteiger partial charge is 0.323 e. The van der Waals surface area contributed by atoms with E-state index in [9.17, 15) is 14.4 Å². The molecule has 0 atom stereocenters. The standard InChI is InChI=1S/C17H19ClFN3O3/c1-2-22(25)16-7-6-11(10-14(16)19)20-17(24)21-15-5-3-4-13(18)12(15)8-9-23/h3-7,10,23,25H,2,8-9H2,1H3,(H2,20,21,24). The Bertz CT molecular complexity index is 758. The third-order valence-electron chi connectivity index (χ3n) is 3.51. The Labute approximate surface area is 149 Å². The number of rotatable bonds is 6. The van der Waals surface area contributed by atoms with E-state index in [2.05, 4.69) is 10.6 Å². The molecule has 2 aromatic carbocycles. The maximum absolute atomic E-state index is 14.0. The molecule has 0 saturated heterocycles. The molecule has 0 radical (unpaired) electrons. The van der Waals surface area contributed by atoms with E-state index < -0.39 is 11.8 Å². The van der Waals surface area contributed by atoms with E-state index >= 15 is 0 Å². The SMILES string of the molecule is CCN(O)c1ccc(NC(=O)Nc2cccc(Cl)c2CCO)cc1F. The van der Waals surface area contributed by atoms with Gasteiger partial charge in [0.05, 0.1) is 5.69 Å². The third kappa shape index (κ3) is 4.82. The second kappa shape index (κ2) is 8.66. The van der Waals surface area contributed by atoms with Gasteiger partial charge < -0.3 is 15.7 Å². The lowest BCUT2D eigenvalue weighted by molar-refractivity contribution is 0.256. The van der Waals surface area contributed by atoms with Crippen LogP contribution in [-0.4, -0.2) is 29.5 Å². The fourth-order valence-electron chi connectivity index (χ4n) is 2.29. The molecule has 2 amide bonds. The molecule has 0 aliphatic heterocycles. The minimum absolute atomic E-state index is 0.0218. The number of hydrogen-bond donors (Lipinski definition) is 4. The minimum Gasteiger partial charge on any atom is -0.396 e. The van der Waals surface area contributed by atoms with Gasteiger partial charge in [-0.15, -0.1) is 0 Å². The zero-order chi connectivity index (χ0) is 18.4. The van der Waals surface area contributed by atoms with Crippen LogP contribution in [0.1, 0.15) is 12.5 Å². The minimum atomic E-state index is -0.661. The van der Waals surface area contributed by atoms with Gasteiger partial charge >= 0.3 is 6.03 Å². The highest BCUT2D eigenvalue weighted by Crippen LogP contribution is 2.25. The number of aliphatic hydroxyl groups is 1. The first kappa shape index (κ1) is 19.0. The number of anilines is 3. The monoisotopic (exact) mass is 367 g/mol. The number of halogens is 2. The van der Waals surface area contributed by atoms with Gasteiger partial charge in [-0.3, -0.25) is 10.3 Å². The van der Waals surface area contributed by atoms with Gasteiger partial charge in [-0.05, 0) is 49.2 Å². The summed E-state index contributed by atoms with van der Waals surface area (Å²) in [5, 5.41) is 25.0. The Morgan fingerprint density at radius 1 is 1.28 bits per heavy atom. The Hall–Kier alpha value is -2.35. The van der Waals surface area contributed by atoms with Crippen LogP contribution < -0.4 is 15.7 Å². The molecule has 2 rings (SSSR count). The average Bonchev–Trinajstić information content (AvgIpc) is 2.57. The number of hydrogen-bond acceptors (Lipinski definition) is 4. The normalized spacial score (nSPS) is 10.4. The summed E-state index contributed by atoms with van der Waals surface area (Å²) in [6, 6.07) is 8.37. The highest BCUT2D eigenvalue weighted by molar-refractivity contribution is 6.31. The van der Waals surface area contributed by atoms with Crippen LogP contribution in [0.4, 0.5) is 26.2 Å². The van der Waals surface area contributed by atoms with Gasteiger partial charge in [0, 0.05) is 29.5 Å². The summed E-state index contributed by atoms with van der Waals surface area (Å²) in [6.45, 7) is 1.79. The maximum atomic E-state index is 14.0. The van der Waals surface area contributed by atoms with Crippen molar-refractivity contribution in [3.8, 4) is 0 Å². The molecule has 8 heteroatoms. The summed E-state index contributed by atoms with van der Waals surface area (Å²) in [4.78, 5) is 12.1. The number of amides is 2. The molecule has 0 heterocycles. The topological polar surface area (TPSA) is 84.8 Å². The number of carbonyl (C=O) groups is 1. The number of carbonyl (C=O) groups excluding carboxylic acids is 1. The summed E-state index contributed by atoms with van der Waals surface area (Å²) in [7, 11) is 0. The zero-order valence-electron chi connectivity index (χ0n) is 13.6. The van der Waals surface area contributed by atoms with Crippen LogP contribution in [0.2, 0.25) is 5.02 Å². The molecule has 4 N–H and O–H groups in total. The molecule has 0 unspecified atom stereocenters. The maximum Gasteiger partial charge on any atom is 0.323 e. The van der Waals surface area contributed by atoms with Crippen molar-refractivity contribution in [1.29, 1.82) is 0 Å². The lowest BCUT2D eigenvalue weighted by Gasteiger charge is -2.16. The summed E-state index contributed by atoms with van der Waals surface area (Å²) < 4.78 is 14.0. The first-order valence-electron chi connectivity index (χ1n) is 7.68. The Kier molecular flexibility index (Phi) is 6.58. The van der Waals surface area contributed by atoms with E-state index in [1.54, 1.807) is 25.1 Å². The lowest BCUT2D eigenvalue weighted by Crippen LogP contribution is -2.21. The van der Waals surface area contributed by atoms with Gasteiger partial charge in [0.15, 0.2) is 5.82 Å². The van der Waals surface area contributed by atoms with Crippen molar-refractivity contribution >= 4 is 34.7 Å². The first-order chi connectivity index (χ1) is 12.0. The summed E-state index contributed by atoms with van der Waals surface area (Å²) in [5.41, 5.74) is 1.33. The highest BCUT2D eigenvalue weighted by Gasteiger charge is 2.12. The summed E-state index contributed by atoms with van der Waals surface area (Å²) in [5.74, 6) is -0.661. The van der Waals surface area contributed by atoms with Crippen LogP contribution in [0, 0.1) is 5.82 Å². The number of nitrogens with zero attached hydrogens (tertiary/aromatic N) is 1. The number of hydroxylamine groups is 1. The summed E-state index contributed by atoms with van der Waals surface area (Å²) in [6.07, 6.45) is 0.294. The molecular formula is C17H19ClFN3O3. The van der Waals surface area contributed by atoms with Crippen LogP contribution in [0.15, 0.2) is 36.4 Å². The van der Waals surface area contributed by atoms with E-state index in [-0.39, 0.29) is 24.5 Å². The fraction of sp³-hybridized carbons (Fsp3) is 0.235. The molecule has 0 aliphatic carbocycles. The van der Waals surface area contributed by atoms with Crippen molar-refractivity contribution < 1.29 is 19.5 Å². The van der Waals surface area contributed by atoms with Crippen molar-refractivity contribution in [1.82, 2.24) is 0 Å². The van der Waals surface area contributed by atoms with Crippen molar-refractivity contribution in [2.24, 2.45) is 0 Å². The van der Waals surface area contributed by atoms with Gasteiger partial charge in [-0.1, -0.05) is 17.7 Å². The van der Waals surface area contributed by atoms with Gasteiger partial charge in [0.2, 0.25) is 0 Å². The molecule has 0 aliphatic rings. The van der Waals surface area contributed by atoms with Crippen molar-refractivity contribution in [2.75, 3.05) is 28.8 Å². The lowest BCUT2D eigenvalue weighted by atomic mass is 10.1. The van der Waals surface area contributed by atoms with E-state index in [0.29, 0.717) is 22.7 Å². The molecule has 0 aromatic heterocycles. The van der Waals surface area contributed by atoms with Crippen molar-refractivity contribution in [3.05, 3.63) is 52.8 Å². The number of nitrogens with one attached hydrogen (secondary N) is 2. The number of benzene rings is 2. The molecule has 134 valence electrons. The Morgan fingerprint density at radius 2 is 2.04 bits per heavy atom. The largest absolute Gasteiger partial charge is 0.396 e. The third-order valence-corrected chi connectivity index (χ3v) is 3.87. The fourth-order valence-corrected chi connectivity index (χ4v) is 2.56. The van der Waals surface area contributed by atoms with E-state index in [0.717, 1.165) is 11.1 Å². The number of urea groups is 1. The van der Waals surface area contributed by atoms with Crippen molar-refractivity contribution in [2.45, 2.75) is 13.3 Å². The van der Waals surface area contributed by atoms with Gasteiger partial charge in [-0.2, -0.15) is 0 Å². The average molecular weight is 368 g/mol. The van der Waals surface area contributed by atoms with E-state index in [1.165, 1.54) is 12.1 Å². The Balaban J connectivity index is 2.11. The highest BCUT2D eigenvalue weighted by atomic mass is 35.5. The van der Waals surface area contributed by atoms with Gasteiger partial charge in [0.25, 0.3) is 0 Å². The molecule has 25 heavy (non-hydrogen) atoms. The van der Waals surface area contributed by atoms with Crippen molar-refractivity contribution in [3.63, 3.8) is 0 Å². The molecule has 0 spiro atoms. The van der Waals surface area contributed by atoms with Gasteiger partial charge in [0.1, 0.15) is 0 Å². The second-order valence-corrected chi connectivity index (χ2v) is 5.61. The molecular weight excluding hydrogens is 349 g/mol. The van der Waals surface area contributed by atoms with Crippen LogP contribution in [0.5, 0.6) is 0 Å². The van der Waals surface area contributed by atoms with Crippen LogP contribution in [0.25, 0.3) is 0 Å².